The molecule has 0 radical (unpaired) electrons. The van der Waals surface area contributed by atoms with Crippen LogP contribution in [0.3, 0.4) is 0 Å². The third kappa shape index (κ3) is 3.78. The van der Waals surface area contributed by atoms with Crippen molar-refractivity contribution in [2.75, 3.05) is 9.62 Å². The summed E-state index contributed by atoms with van der Waals surface area (Å²) in [5, 5.41) is 3.17. The molecule has 1 aliphatic rings. The van der Waals surface area contributed by atoms with Crippen molar-refractivity contribution in [3.05, 3.63) is 89.2 Å². The van der Waals surface area contributed by atoms with Crippen molar-refractivity contribution in [3.63, 3.8) is 0 Å². The maximum absolute atomic E-state index is 14.4. The molecule has 0 spiro atoms. The van der Waals surface area contributed by atoms with Crippen LogP contribution >= 0.6 is 11.6 Å². The SMILES string of the molecule is O=C(Nc1cccc(Cl)c1)[C@@H]1CCc2ccccc2N1S(=O)(=O)c1ccccc1F. The van der Waals surface area contributed by atoms with Crippen molar-refractivity contribution in [2.24, 2.45) is 0 Å². The molecule has 0 saturated carbocycles. The first-order valence-electron chi connectivity index (χ1n) is 9.31. The van der Waals surface area contributed by atoms with E-state index in [4.69, 9.17) is 11.6 Å². The number of amides is 1. The number of halogens is 2. The van der Waals surface area contributed by atoms with E-state index in [0.29, 0.717) is 22.8 Å². The fraction of sp³-hybridized carbons (Fsp3) is 0.136. The van der Waals surface area contributed by atoms with Gasteiger partial charge in [0.15, 0.2) is 0 Å². The predicted octanol–water partition coefficient (Wildman–Crippen LogP) is 4.63. The quantitative estimate of drug-likeness (QED) is 0.638. The van der Waals surface area contributed by atoms with Crippen LogP contribution in [0.2, 0.25) is 5.02 Å². The Hall–Kier alpha value is -2.90. The van der Waals surface area contributed by atoms with E-state index in [2.05, 4.69) is 5.32 Å². The molecule has 3 aromatic carbocycles. The second-order valence-corrected chi connectivity index (χ2v) is 9.13. The maximum atomic E-state index is 14.4. The lowest BCUT2D eigenvalue weighted by Crippen LogP contribution is -2.50. The maximum Gasteiger partial charge on any atom is 0.267 e. The van der Waals surface area contributed by atoms with Crippen LogP contribution in [0.1, 0.15) is 12.0 Å². The van der Waals surface area contributed by atoms with E-state index < -0.39 is 32.7 Å². The van der Waals surface area contributed by atoms with Crippen LogP contribution in [0.25, 0.3) is 0 Å². The topological polar surface area (TPSA) is 66.5 Å². The summed E-state index contributed by atoms with van der Waals surface area (Å²) in [7, 11) is -4.33. The molecule has 0 fully saturated rings. The van der Waals surface area contributed by atoms with Gasteiger partial charge in [0, 0.05) is 10.7 Å². The first-order chi connectivity index (χ1) is 14.4. The minimum atomic E-state index is -4.33. The number of anilines is 2. The van der Waals surface area contributed by atoms with Gasteiger partial charge in [-0.25, -0.2) is 12.8 Å². The molecule has 1 heterocycles. The third-order valence-electron chi connectivity index (χ3n) is 4.97. The number of benzene rings is 3. The highest BCUT2D eigenvalue weighted by molar-refractivity contribution is 7.93. The Morgan fingerprint density at radius 2 is 1.77 bits per heavy atom. The van der Waals surface area contributed by atoms with Crippen molar-refractivity contribution in [1.29, 1.82) is 0 Å². The standard InChI is InChI=1S/C22H18ClFN2O3S/c23-16-7-5-8-17(14-16)25-22(27)20-13-12-15-6-1-3-10-19(15)26(20)30(28,29)21-11-4-2-9-18(21)24/h1-11,14,20H,12-13H2,(H,25,27)/t20-/m0/s1. The van der Waals surface area contributed by atoms with E-state index >= 15 is 0 Å². The fourth-order valence-corrected chi connectivity index (χ4v) is 5.54. The largest absolute Gasteiger partial charge is 0.324 e. The molecule has 0 saturated heterocycles. The molecule has 1 N–H and O–H groups in total. The molecular weight excluding hydrogens is 427 g/mol. The van der Waals surface area contributed by atoms with Gasteiger partial charge in [-0.15, -0.1) is 0 Å². The lowest BCUT2D eigenvalue weighted by Gasteiger charge is -2.36. The van der Waals surface area contributed by atoms with Crippen LogP contribution in [0, 0.1) is 5.82 Å². The van der Waals surface area contributed by atoms with Crippen molar-refractivity contribution in [2.45, 2.75) is 23.8 Å². The van der Waals surface area contributed by atoms with E-state index in [-0.39, 0.29) is 6.42 Å². The number of nitrogens with zero attached hydrogens (tertiary/aromatic N) is 1. The average molecular weight is 445 g/mol. The van der Waals surface area contributed by atoms with Crippen molar-refractivity contribution >= 4 is 38.9 Å². The van der Waals surface area contributed by atoms with Crippen LogP contribution in [0.15, 0.2) is 77.7 Å². The number of hydrogen-bond donors (Lipinski definition) is 1. The third-order valence-corrected chi connectivity index (χ3v) is 7.06. The molecule has 0 bridgehead atoms. The highest BCUT2D eigenvalue weighted by Gasteiger charge is 2.40. The Morgan fingerprint density at radius 1 is 1.03 bits per heavy atom. The lowest BCUT2D eigenvalue weighted by molar-refractivity contribution is -0.117. The second-order valence-electron chi connectivity index (χ2n) is 6.91. The zero-order valence-corrected chi connectivity index (χ0v) is 17.3. The van der Waals surface area contributed by atoms with E-state index in [1.165, 1.54) is 18.2 Å². The zero-order valence-electron chi connectivity index (χ0n) is 15.8. The van der Waals surface area contributed by atoms with Gasteiger partial charge >= 0.3 is 0 Å². The minimum Gasteiger partial charge on any atom is -0.324 e. The van der Waals surface area contributed by atoms with Gasteiger partial charge in [0.1, 0.15) is 16.8 Å². The summed E-state index contributed by atoms with van der Waals surface area (Å²) < 4.78 is 42.4. The number of carbonyl (C=O) groups is 1. The second kappa shape index (κ2) is 8.08. The fourth-order valence-electron chi connectivity index (χ4n) is 3.60. The van der Waals surface area contributed by atoms with Crippen LogP contribution < -0.4 is 9.62 Å². The highest BCUT2D eigenvalue weighted by atomic mass is 35.5. The molecule has 4 rings (SSSR count). The highest BCUT2D eigenvalue weighted by Crippen LogP contribution is 2.36. The smallest absolute Gasteiger partial charge is 0.267 e. The number of carbonyl (C=O) groups excluding carboxylic acids is 1. The van der Waals surface area contributed by atoms with Gasteiger partial charge in [-0.1, -0.05) is 48.0 Å². The van der Waals surface area contributed by atoms with E-state index in [0.717, 1.165) is 15.9 Å². The summed E-state index contributed by atoms with van der Waals surface area (Å²) in [6, 6.07) is 17.7. The Morgan fingerprint density at radius 3 is 2.53 bits per heavy atom. The molecule has 1 aliphatic heterocycles. The number of para-hydroxylation sites is 1. The number of sulfonamides is 1. The molecule has 0 unspecified atom stereocenters. The summed E-state index contributed by atoms with van der Waals surface area (Å²) in [5.41, 5.74) is 1.61. The van der Waals surface area contributed by atoms with Gasteiger partial charge in [0.2, 0.25) is 5.91 Å². The Kier molecular flexibility index (Phi) is 5.49. The molecule has 8 heteroatoms. The molecule has 1 atom stereocenters. The number of fused-ring (bicyclic) bond motifs is 1. The molecule has 0 aliphatic carbocycles. The summed E-state index contributed by atoms with van der Waals surface area (Å²) in [4.78, 5) is 12.6. The van der Waals surface area contributed by atoms with Gasteiger partial charge in [0.25, 0.3) is 10.0 Å². The van der Waals surface area contributed by atoms with Gasteiger partial charge < -0.3 is 5.32 Å². The molecule has 3 aromatic rings. The molecule has 5 nitrogen and oxygen atoms in total. The Labute approximate surface area is 179 Å². The lowest BCUT2D eigenvalue weighted by atomic mass is 9.97. The summed E-state index contributed by atoms with van der Waals surface area (Å²) in [5.74, 6) is -1.37. The van der Waals surface area contributed by atoms with Gasteiger partial charge in [-0.3, -0.25) is 9.10 Å². The Balaban J connectivity index is 1.78. The number of aryl methyl sites for hydroxylation is 1. The molecule has 30 heavy (non-hydrogen) atoms. The van der Waals surface area contributed by atoms with Crippen LogP contribution in [-0.2, 0) is 21.2 Å². The van der Waals surface area contributed by atoms with Gasteiger partial charge in [-0.2, -0.15) is 0 Å². The summed E-state index contributed by atoms with van der Waals surface area (Å²) in [6.45, 7) is 0. The van der Waals surface area contributed by atoms with E-state index in [1.54, 1.807) is 42.5 Å². The monoisotopic (exact) mass is 444 g/mol. The van der Waals surface area contributed by atoms with Crippen LogP contribution in [-0.4, -0.2) is 20.4 Å². The zero-order chi connectivity index (χ0) is 21.3. The number of nitrogens with one attached hydrogen (secondary N) is 1. The van der Waals surface area contributed by atoms with Crippen molar-refractivity contribution in [1.82, 2.24) is 0 Å². The molecule has 0 aromatic heterocycles. The normalized spacial score (nSPS) is 16.1. The first kappa shape index (κ1) is 20.4. The first-order valence-corrected chi connectivity index (χ1v) is 11.1. The van der Waals surface area contributed by atoms with Crippen LogP contribution in [0.4, 0.5) is 15.8 Å². The minimum absolute atomic E-state index is 0.261. The summed E-state index contributed by atoms with van der Waals surface area (Å²) >= 11 is 5.98. The number of hydrogen-bond acceptors (Lipinski definition) is 3. The van der Waals surface area contributed by atoms with Crippen molar-refractivity contribution in [3.8, 4) is 0 Å². The predicted molar refractivity (Wildman–Crippen MR) is 115 cm³/mol. The summed E-state index contributed by atoms with van der Waals surface area (Å²) in [6.07, 6.45) is 0.782. The van der Waals surface area contributed by atoms with Gasteiger partial charge in [0.05, 0.1) is 5.69 Å². The van der Waals surface area contributed by atoms with Gasteiger partial charge in [-0.05, 0) is 54.8 Å². The van der Waals surface area contributed by atoms with Crippen LogP contribution in [0.5, 0.6) is 0 Å². The van der Waals surface area contributed by atoms with E-state index in [1.807, 2.05) is 6.07 Å². The molecule has 1 amide bonds. The number of rotatable bonds is 4. The van der Waals surface area contributed by atoms with E-state index in [9.17, 15) is 17.6 Å². The molecular formula is C22H18ClFN2O3S. The van der Waals surface area contributed by atoms with Crippen molar-refractivity contribution < 1.29 is 17.6 Å². The average Bonchev–Trinajstić information content (AvgIpc) is 2.73. The Bertz CT molecular complexity index is 1220. The molecule has 154 valence electrons.